The quantitative estimate of drug-likeness (QED) is 0.909. The Morgan fingerprint density at radius 1 is 1.10 bits per heavy atom. The van der Waals surface area contributed by atoms with Crippen molar-refractivity contribution in [2.45, 2.75) is 61.9 Å². The standard InChI is InChI=1S/C17H25NO2S/c1-12(13-3-4-13)18-16-8-5-15(11-16)14-6-9-17(10-7-14)21(2,19)20/h6-7,9-10,12-13,15-16,18H,3-5,8,11H2,1-2H3/t12-,15?,16+/m1/s1. The highest BCUT2D eigenvalue weighted by Crippen LogP contribution is 2.37. The summed E-state index contributed by atoms with van der Waals surface area (Å²) in [5, 5.41) is 3.78. The highest BCUT2D eigenvalue weighted by molar-refractivity contribution is 7.90. The van der Waals surface area contributed by atoms with Crippen LogP contribution in [-0.4, -0.2) is 26.8 Å². The molecule has 2 aliphatic carbocycles. The normalized spacial score (nSPS) is 27.7. The molecule has 3 rings (SSSR count). The van der Waals surface area contributed by atoms with E-state index < -0.39 is 9.84 Å². The maximum Gasteiger partial charge on any atom is 0.175 e. The van der Waals surface area contributed by atoms with E-state index in [4.69, 9.17) is 0 Å². The minimum absolute atomic E-state index is 0.418. The van der Waals surface area contributed by atoms with E-state index in [0.717, 1.165) is 5.92 Å². The Balaban J connectivity index is 1.60. The third-order valence-corrected chi connectivity index (χ3v) is 6.17. The van der Waals surface area contributed by atoms with Gasteiger partial charge < -0.3 is 5.32 Å². The maximum absolute atomic E-state index is 11.5. The maximum atomic E-state index is 11.5. The van der Waals surface area contributed by atoms with Gasteiger partial charge in [0.1, 0.15) is 0 Å². The zero-order valence-corrected chi connectivity index (χ0v) is 13.7. The third kappa shape index (κ3) is 3.67. The van der Waals surface area contributed by atoms with Crippen molar-refractivity contribution in [3.05, 3.63) is 29.8 Å². The van der Waals surface area contributed by atoms with Gasteiger partial charge in [0.25, 0.3) is 0 Å². The second-order valence-corrected chi connectivity index (χ2v) is 8.86. The van der Waals surface area contributed by atoms with Crippen molar-refractivity contribution >= 4 is 9.84 Å². The van der Waals surface area contributed by atoms with Gasteiger partial charge in [0.2, 0.25) is 0 Å². The lowest BCUT2D eigenvalue weighted by Crippen LogP contribution is -2.36. The number of hydrogen-bond acceptors (Lipinski definition) is 3. The third-order valence-electron chi connectivity index (χ3n) is 5.04. The molecule has 3 nitrogen and oxygen atoms in total. The first kappa shape index (κ1) is 15.0. The summed E-state index contributed by atoms with van der Waals surface area (Å²) in [6.07, 6.45) is 7.64. The van der Waals surface area contributed by atoms with Crippen LogP contribution in [0.4, 0.5) is 0 Å². The van der Waals surface area contributed by atoms with Crippen molar-refractivity contribution in [2.24, 2.45) is 5.92 Å². The van der Waals surface area contributed by atoms with Gasteiger partial charge in [0.05, 0.1) is 4.90 Å². The van der Waals surface area contributed by atoms with Crippen LogP contribution in [0.2, 0.25) is 0 Å². The number of benzene rings is 1. The van der Waals surface area contributed by atoms with Crippen molar-refractivity contribution in [1.82, 2.24) is 5.32 Å². The van der Waals surface area contributed by atoms with Gasteiger partial charge in [-0.25, -0.2) is 8.42 Å². The molecule has 3 atom stereocenters. The number of rotatable bonds is 5. The molecule has 1 N–H and O–H groups in total. The van der Waals surface area contributed by atoms with Gasteiger partial charge in [0.15, 0.2) is 9.84 Å². The minimum Gasteiger partial charge on any atom is -0.311 e. The molecule has 0 radical (unpaired) electrons. The summed E-state index contributed by atoms with van der Waals surface area (Å²) in [7, 11) is -3.08. The number of hydrogen-bond donors (Lipinski definition) is 1. The van der Waals surface area contributed by atoms with Gasteiger partial charge in [-0.3, -0.25) is 0 Å². The fraction of sp³-hybridized carbons (Fsp3) is 0.647. The Kier molecular flexibility index (Phi) is 4.10. The largest absolute Gasteiger partial charge is 0.311 e. The van der Waals surface area contributed by atoms with Gasteiger partial charge in [-0.05, 0) is 68.6 Å². The van der Waals surface area contributed by atoms with Crippen molar-refractivity contribution in [3.8, 4) is 0 Å². The summed E-state index contributed by atoms with van der Waals surface area (Å²) in [6.45, 7) is 2.31. The molecule has 4 heteroatoms. The molecule has 0 aromatic heterocycles. The molecule has 1 aromatic carbocycles. The summed E-state index contributed by atoms with van der Waals surface area (Å²) in [6, 6.07) is 8.76. The molecule has 2 aliphatic rings. The predicted molar refractivity (Wildman–Crippen MR) is 85.3 cm³/mol. The first-order valence-electron chi connectivity index (χ1n) is 7.99. The second kappa shape index (κ2) is 5.73. The van der Waals surface area contributed by atoms with Gasteiger partial charge in [-0.2, -0.15) is 0 Å². The van der Waals surface area contributed by atoms with E-state index in [0.29, 0.717) is 22.9 Å². The highest BCUT2D eigenvalue weighted by atomic mass is 32.2. The molecular formula is C17H25NO2S. The second-order valence-electron chi connectivity index (χ2n) is 6.84. The molecule has 116 valence electrons. The van der Waals surface area contributed by atoms with E-state index in [1.54, 1.807) is 12.1 Å². The summed E-state index contributed by atoms with van der Waals surface area (Å²) < 4.78 is 23.0. The first-order chi connectivity index (χ1) is 9.93. The van der Waals surface area contributed by atoms with E-state index in [1.165, 1.54) is 43.9 Å². The van der Waals surface area contributed by atoms with Gasteiger partial charge in [-0.15, -0.1) is 0 Å². The van der Waals surface area contributed by atoms with Crippen molar-refractivity contribution in [3.63, 3.8) is 0 Å². The molecule has 0 aliphatic heterocycles. The number of nitrogens with one attached hydrogen (secondary N) is 1. The molecule has 1 aromatic rings. The van der Waals surface area contributed by atoms with Crippen molar-refractivity contribution in [1.29, 1.82) is 0 Å². The molecule has 21 heavy (non-hydrogen) atoms. The van der Waals surface area contributed by atoms with Crippen molar-refractivity contribution in [2.75, 3.05) is 6.26 Å². The van der Waals surface area contributed by atoms with Crippen LogP contribution < -0.4 is 5.32 Å². The SMILES string of the molecule is C[C@@H](N[C@H]1CCC(c2ccc(S(C)(=O)=O)cc2)C1)C1CC1. The van der Waals surface area contributed by atoms with Gasteiger partial charge in [-0.1, -0.05) is 12.1 Å². The average Bonchev–Trinajstić information content (AvgIpc) is 3.19. The molecule has 0 amide bonds. The lowest BCUT2D eigenvalue weighted by Gasteiger charge is -2.19. The smallest absolute Gasteiger partial charge is 0.175 e. The lowest BCUT2D eigenvalue weighted by atomic mass is 9.97. The van der Waals surface area contributed by atoms with E-state index in [-0.39, 0.29) is 0 Å². The Labute approximate surface area is 128 Å². The fourth-order valence-corrected chi connectivity index (χ4v) is 4.16. The summed E-state index contributed by atoms with van der Waals surface area (Å²) in [5.74, 6) is 1.47. The predicted octanol–water partition coefficient (Wildman–Crippen LogP) is 3.11. The Bertz CT molecular complexity index is 590. The molecule has 1 unspecified atom stereocenters. The fourth-order valence-electron chi connectivity index (χ4n) is 3.53. The number of sulfone groups is 1. The van der Waals surface area contributed by atoms with Crippen LogP contribution in [-0.2, 0) is 9.84 Å². The van der Waals surface area contributed by atoms with Crippen LogP contribution in [0.15, 0.2) is 29.2 Å². The average molecular weight is 307 g/mol. The summed E-state index contributed by atoms with van der Waals surface area (Å²) in [5.41, 5.74) is 1.28. The Morgan fingerprint density at radius 3 is 2.33 bits per heavy atom. The molecule has 2 saturated carbocycles. The summed E-state index contributed by atoms with van der Waals surface area (Å²) >= 11 is 0. The first-order valence-corrected chi connectivity index (χ1v) is 9.88. The summed E-state index contributed by atoms with van der Waals surface area (Å²) in [4.78, 5) is 0.418. The van der Waals surface area contributed by atoms with Crippen LogP contribution in [0.25, 0.3) is 0 Å². The molecule has 0 spiro atoms. The van der Waals surface area contributed by atoms with E-state index in [2.05, 4.69) is 12.2 Å². The van der Waals surface area contributed by atoms with Crippen LogP contribution in [0.3, 0.4) is 0 Å². The van der Waals surface area contributed by atoms with Crippen LogP contribution >= 0.6 is 0 Å². The molecule has 2 fully saturated rings. The van der Waals surface area contributed by atoms with E-state index in [9.17, 15) is 8.42 Å². The molecular weight excluding hydrogens is 282 g/mol. The Morgan fingerprint density at radius 2 is 1.76 bits per heavy atom. The lowest BCUT2D eigenvalue weighted by molar-refractivity contribution is 0.416. The van der Waals surface area contributed by atoms with Gasteiger partial charge in [0, 0.05) is 18.3 Å². The van der Waals surface area contributed by atoms with Crippen molar-refractivity contribution < 1.29 is 8.42 Å². The van der Waals surface area contributed by atoms with E-state index in [1.807, 2.05) is 12.1 Å². The zero-order valence-electron chi connectivity index (χ0n) is 12.9. The van der Waals surface area contributed by atoms with Crippen LogP contribution in [0.5, 0.6) is 0 Å². The van der Waals surface area contributed by atoms with Crippen LogP contribution in [0.1, 0.15) is 50.5 Å². The van der Waals surface area contributed by atoms with Gasteiger partial charge >= 0.3 is 0 Å². The monoisotopic (exact) mass is 307 g/mol. The zero-order chi connectivity index (χ0) is 15.0. The molecule has 0 bridgehead atoms. The topological polar surface area (TPSA) is 46.2 Å². The Hall–Kier alpha value is -0.870. The van der Waals surface area contributed by atoms with E-state index >= 15 is 0 Å². The van der Waals surface area contributed by atoms with Crippen LogP contribution in [0, 0.1) is 5.92 Å². The highest BCUT2D eigenvalue weighted by Gasteiger charge is 2.32. The minimum atomic E-state index is -3.08. The molecule has 0 heterocycles. The molecule has 0 saturated heterocycles.